The summed E-state index contributed by atoms with van der Waals surface area (Å²) in [5, 5.41) is 16.6. The predicted octanol–water partition coefficient (Wildman–Crippen LogP) is 0.599. The topological polar surface area (TPSA) is 111 Å². The molecule has 8 heteroatoms. The van der Waals surface area contributed by atoms with Crippen LogP contribution in [-0.4, -0.2) is 21.2 Å². The molecule has 0 unspecified atom stereocenters. The Hall–Kier alpha value is -2.09. The van der Waals surface area contributed by atoms with Gasteiger partial charge in [0.25, 0.3) is 5.69 Å². The first-order valence-corrected chi connectivity index (χ1v) is 5.97. The van der Waals surface area contributed by atoms with Gasteiger partial charge >= 0.3 is 0 Å². The summed E-state index contributed by atoms with van der Waals surface area (Å²) in [5.74, 6) is 4.89. The van der Waals surface area contributed by atoms with Crippen LogP contribution in [0.5, 0.6) is 0 Å². The average Bonchev–Trinajstić information content (AvgIpc) is 2.70. The molecule has 18 heavy (non-hydrogen) atoms. The van der Waals surface area contributed by atoms with Crippen molar-refractivity contribution in [2.75, 3.05) is 0 Å². The van der Waals surface area contributed by atoms with Crippen molar-refractivity contribution in [3.05, 3.63) is 39.9 Å². The number of carbonyl (C=O) groups excluding carboxylic acids is 1. The first-order chi connectivity index (χ1) is 8.60. The van der Waals surface area contributed by atoms with E-state index in [4.69, 9.17) is 5.84 Å². The Labute approximate surface area is 107 Å². The predicted molar refractivity (Wildman–Crippen MR) is 67.9 cm³/mol. The number of nitrogens with zero attached hydrogens (tertiary/aromatic N) is 2. The highest BCUT2D eigenvalue weighted by atomic mass is 32.2. The fraction of sp³-hybridized carbons (Fsp3) is 0.200. The second kappa shape index (κ2) is 5.05. The third-order valence-electron chi connectivity index (χ3n) is 2.44. The minimum Gasteiger partial charge on any atom is -0.321 e. The van der Waals surface area contributed by atoms with Crippen LogP contribution >= 0.6 is 11.8 Å². The molecule has 1 fully saturated rings. The lowest BCUT2D eigenvalue weighted by atomic mass is 10.1. The normalized spacial score (nSPS) is 21.0. The summed E-state index contributed by atoms with van der Waals surface area (Å²) in [7, 11) is 0. The van der Waals surface area contributed by atoms with Crippen LogP contribution in [0, 0.1) is 10.1 Å². The molecule has 0 aliphatic carbocycles. The summed E-state index contributed by atoms with van der Waals surface area (Å²) in [5.41, 5.74) is 0.749. The molecule has 0 aromatic heterocycles. The van der Waals surface area contributed by atoms with Crippen molar-refractivity contribution in [1.82, 2.24) is 5.32 Å². The van der Waals surface area contributed by atoms with Crippen molar-refractivity contribution in [2.45, 2.75) is 11.7 Å². The minimum absolute atomic E-state index is 0.0172. The van der Waals surface area contributed by atoms with E-state index >= 15 is 0 Å². The molecule has 1 amide bonds. The SMILES string of the molecule is N/N=C1\NC(=O)[C@@H](Cc2cccc([N+](=O)[O-])c2)S1. The zero-order chi connectivity index (χ0) is 13.1. The molecule has 1 atom stereocenters. The standard InChI is InChI=1S/C10H10N4O3S/c11-13-10-12-9(15)8(18-10)5-6-2-1-3-7(4-6)14(16)17/h1-4,8H,5,11H2,(H,12,13,15)/t8-/m1/s1. The number of nitrogens with one attached hydrogen (secondary N) is 1. The van der Waals surface area contributed by atoms with Crippen molar-refractivity contribution in [1.29, 1.82) is 0 Å². The lowest BCUT2D eigenvalue weighted by Crippen LogP contribution is -2.26. The van der Waals surface area contributed by atoms with Crippen molar-refractivity contribution < 1.29 is 9.72 Å². The summed E-state index contributed by atoms with van der Waals surface area (Å²) in [6.45, 7) is 0. The van der Waals surface area contributed by atoms with E-state index in [1.165, 1.54) is 23.9 Å². The van der Waals surface area contributed by atoms with Crippen molar-refractivity contribution in [3.63, 3.8) is 0 Å². The maximum absolute atomic E-state index is 11.6. The number of nitro groups is 1. The van der Waals surface area contributed by atoms with E-state index in [1.807, 2.05) is 0 Å². The minimum atomic E-state index is -0.460. The van der Waals surface area contributed by atoms with Gasteiger partial charge in [-0.1, -0.05) is 23.9 Å². The highest BCUT2D eigenvalue weighted by Crippen LogP contribution is 2.24. The van der Waals surface area contributed by atoms with Gasteiger partial charge in [0.15, 0.2) is 5.17 Å². The molecule has 0 spiro atoms. The van der Waals surface area contributed by atoms with Crippen LogP contribution in [0.3, 0.4) is 0 Å². The van der Waals surface area contributed by atoms with Crippen molar-refractivity contribution >= 4 is 28.5 Å². The molecule has 7 nitrogen and oxygen atoms in total. The molecule has 0 radical (unpaired) electrons. The van der Waals surface area contributed by atoms with Gasteiger partial charge in [-0.3, -0.25) is 14.9 Å². The van der Waals surface area contributed by atoms with Gasteiger partial charge in [0, 0.05) is 12.1 Å². The average molecular weight is 266 g/mol. The van der Waals surface area contributed by atoms with Crippen LogP contribution in [0.1, 0.15) is 5.56 Å². The van der Waals surface area contributed by atoms with Crippen LogP contribution in [0.4, 0.5) is 5.69 Å². The Bertz CT molecular complexity index is 532. The number of thioether (sulfide) groups is 1. The third-order valence-corrected chi connectivity index (χ3v) is 3.53. The number of nitrogens with two attached hydrogens (primary N) is 1. The molecule has 1 aliphatic heterocycles. The zero-order valence-corrected chi connectivity index (χ0v) is 10.0. The molecule has 1 saturated heterocycles. The Morgan fingerprint density at radius 1 is 1.56 bits per heavy atom. The van der Waals surface area contributed by atoms with Gasteiger partial charge in [0.05, 0.1) is 10.2 Å². The van der Waals surface area contributed by atoms with Crippen LogP contribution in [0.25, 0.3) is 0 Å². The number of non-ortho nitro benzene ring substituents is 1. The fourth-order valence-corrected chi connectivity index (χ4v) is 2.54. The Kier molecular flexibility index (Phi) is 3.47. The Balaban J connectivity index is 2.12. The molecule has 0 bridgehead atoms. The Morgan fingerprint density at radius 2 is 2.33 bits per heavy atom. The number of rotatable bonds is 3. The van der Waals surface area contributed by atoms with Gasteiger partial charge in [0.1, 0.15) is 0 Å². The molecule has 1 aromatic carbocycles. The number of hydrogen-bond acceptors (Lipinski definition) is 6. The largest absolute Gasteiger partial charge is 0.321 e. The second-order valence-electron chi connectivity index (χ2n) is 3.66. The molecule has 94 valence electrons. The summed E-state index contributed by atoms with van der Waals surface area (Å²) in [6, 6.07) is 6.23. The van der Waals surface area contributed by atoms with Gasteiger partial charge in [-0.15, -0.1) is 0 Å². The molecular formula is C10H10N4O3S. The zero-order valence-electron chi connectivity index (χ0n) is 9.20. The van der Waals surface area contributed by atoms with Gasteiger partial charge in [-0.05, 0) is 12.0 Å². The van der Waals surface area contributed by atoms with E-state index in [9.17, 15) is 14.9 Å². The van der Waals surface area contributed by atoms with Crippen LogP contribution in [0.15, 0.2) is 29.4 Å². The molecule has 1 aromatic rings. The number of amides is 1. The lowest BCUT2D eigenvalue weighted by molar-refractivity contribution is -0.384. The van der Waals surface area contributed by atoms with E-state index < -0.39 is 4.92 Å². The van der Waals surface area contributed by atoms with E-state index in [0.29, 0.717) is 11.6 Å². The maximum Gasteiger partial charge on any atom is 0.269 e. The highest BCUT2D eigenvalue weighted by Gasteiger charge is 2.30. The number of benzene rings is 1. The van der Waals surface area contributed by atoms with E-state index in [-0.39, 0.29) is 16.8 Å². The maximum atomic E-state index is 11.6. The summed E-state index contributed by atoms with van der Waals surface area (Å²) < 4.78 is 0. The van der Waals surface area contributed by atoms with Gasteiger partial charge in [-0.2, -0.15) is 5.10 Å². The van der Waals surface area contributed by atoms with Gasteiger partial charge in [-0.25, -0.2) is 0 Å². The summed E-state index contributed by atoms with van der Waals surface area (Å²) >= 11 is 1.22. The lowest BCUT2D eigenvalue weighted by Gasteiger charge is -2.04. The fourth-order valence-electron chi connectivity index (χ4n) is 1.61. The van der Waals surface area contributed by atoms with E-state index in [2.05, 4.69) is 10.4 Å². The number of hydrazone groups is 1. The van der Waals surface area contributed by atoms with E-state index in [1.54, 1.807) is 12.1 Å². The molecule has 1 heterocycles. The van der Waals surface area contributed by atoms with Gasteiger partial charge < -0.3 is 11.2 Å². The monoisotopic (exact) mass is 266 g/mol. The molecular weight excluding hydrogens is 256 g/mol. The van der Waals surface area contributed by atoms with Crippen molar-refractivity contribution in [3.8, 4) is 0 Å². The number of nitro benzene ring substituents is 1. The number of carbonyl (C=O) groups is 1. The molecule has 1 aliphatic rings. The third kappa shape index (κ3) is 2.59. The van der Waals surface area contributed by atoms with E-state index in [0.717, 1.165) is 5.56 Å². The van der Waals surface area contributed by atoms with Gasteiger partial charge in [0.2, 0.25) is 5.91 Å². The molecule has 0 saturated carbocycles. The molecule has 3 N–H and O–H groups in total. The first-order valence-electron chi connectivity index (χ1n) is 5.09. The molecule has 2 rings (SSSR count). The number of hydrogen-bond donors (Lipinski definition) is 2. The summed E-state index contributed by atoms with van der Waals surface area (Å²) in [6.07, 6.45) is 0.400. The van der Waals surface area contributed by atoms with Crippen LogP contribution in [0.2, 0.25) is 0 Å². The van der Waals surface area contributed by atoms with Crippen LogP contribution in [-0.2, 0) is 11.2 Å². The smallest absolute Gasteiger partial charge is 0.269 e. The van der Waals surface area contributed by atoms with Crippen molar-refractivity contribution in [2.24, 2.45) is 10.9 Å². The first kappa shape index (κ1) is 12.4. The highest BCUT2D eigenvalue weighted by molar-refractivity contribution is 8.15. The summed E-state index contributed by atoms with van der Waals surface area (Å²) in [4.78, 5) is 21.7. The second-order valence-corrected chi connectivity index (χ2v) is 4.85. The number of amidine groups is 1. The Morgan fingerprint density at radius 3 is 2.94 bits per heavy atom. The van der Waals surface area contributed by atoms with Crippen LogP contribution < -0.4 is 11.2 Å². The quantitative estimate of drug-likeness (QED) is 0.473.